The second-order valence-corrected chi connectivity index (χ2v) is 2.78. The SMILES string of the molecule is CNCC[C](C)=[V]. The van der Waals surface area contributed by atoms with Gasteiger partial charge >= 0.3 is 53.5 Å². The first-order valence-electron chi connectivity index (χ1n) is 2.43. The zero-order chi connectivity index (χ0) is 5.70. The maximum atomic E-state index is 3.07. The molecule has 0 spiro atoms. The fourth-order valence-corrected chi connectivity index (χ4v) is 0.480. The van der Waals surface area contributed by atoms with Crippen LogP contribution in [0.25, 0.3) is 0 Å². The van der Waals surface area contributed by atoms with E-state index >= 15 is 0 Å². The molecule has 0 bridgehead atoms. The van der Waals surface area contributed by atoms with E-state index in [9.17, 15) is 0 Å². The Kier molecular flexibility index (Phi) is 4.84. The van der Waals surface area contributed by atoms with E-state index in [0.29, 0.717) is 0 Å². The fourth-order valence-electron chi connectivity index (χ4n) is 0.306. The third-order valence-corrected chi connectivity index (χ3v) is 1.09. The van der Waals surface area contributed by atoms with Crippen molar-refractivity contribution in [2.75, 3.05) is 13.6 Å². The van der Waals surface area contributed by atoms with E-state index in [1.807, 2.05) is 7.05 Å². The van der Waals surface area contributed by atoms with Crippen molar-refractivity contribution in [2.24, 2.45) is 0 Å². The summed E-state index contributed by atoms with van der Waals surface area (Å²) >= 11 is 2.55. The second-order valence-electron chi connectivity index (χ2n) is 1.59. The Morgan fingerprint density at radius 3 is 2.43 bits per heavy atom. The summed E-state index contributed by atoms with van der Waals surface area (Å²) in [4.78, 5) is 0. The van der Waals surface area contributed by atoms with Gasteiger partial charge < -0.3 is 0 Å². The van der Waals surface area contributed by atoms with Gasteiger partial charge in [0.15, 0.2) is 0 Å². The van der Waals surface area contributed by atoms with Gasteiger partial charge in [-0.15, -0.1) is 0 Å². The van der Waals surface area contributed by atoms with Crippen LogP contribution in [0.4, 0.5) is 0 Å². The summed E-state index contributed by atoms with van der Waals surface area (Å²) in [5.41, 5.74) is 0. The van der Waals surface area contributed by atoms with Gasteiger partial charge in [-0.1, -0.05) is 0 Å². The Labute approximate surface area is 54.0 Å². The standard InChI is InChI=1S/C5H11N.V/c1-3-4-5-6-2;/h6H,4-5H2,1-2H3;. The minimum absolute atomic E-state index is 1.10. The molecule has 0 saturated carbocycles. The van der Waals surface area contributed by atoms with E-state index in [2.05, 4.69) is 29.2 Å². The molecule has 0 aliphatic heterocycles. The zero-order valence-electron chi connectivity index (χ0n) is 4.86. The van der Waals surface area contributed by atoms with Gasteiger partial charge in [-0.25, -0.2) is 0 Å². The second kappa shape index (κ2) is 4.57. The molecule has 0 rings (SSSR count). The first kappa shape index (κ1) is 7.41. The average Bonchev–Trinajstić information content (AvgIpc) is 1.61. The van der Waals surface area contributed by atoms with Gasteiger partial charge in [0, 0.05) is 0 Å². The van der Waals surface area contributed by atoms with Crippen LogP contribution in [0.15, 0.2) is 0 Å². The molecule has 0 fully saturated rings. The van der Waals surface area contributed by atoms with Gasteiger partial charge in [-0.05, 0) is 0 Å². The molecule has 7 heavy (non-hydrogen) atoms. The number of hydrogen-bond donors (Lipinski definition) is 1. The third kappa shape index (κ3) is 6.41. The summed E-state index contributed by atoms with van der Waals surface area (Å²) in [6.45, 7) is 3.22. The van der Waals surface area contributed by atoms with Crippen molar-refractivity contribution < 1.29 is 17.0 Å². The summed E-state index contributed by atoms with van der Waals surface area (Å²) in [6.07, 6.45) is 1.18. The molecule has 0 radical (unpaired) electrons. The van der Waals surface area contributed by atoms with Crippen molar-refractivity contribution in [3.8, 4) is 0 Å². The van der Waals surface area contributed by atoms with Gasteiger partial charge in [0.1, 0.15) is 0 Å². The number of hydrogen-bond acceptors (Lipinski definition) is 1. The van der Waals surface area contributed by atoms with Crippen LogP contribution >= 0.6 is 0 Å². The van der Waals surface area contributed by atoms with E-state index in [-0.39, 0.29) is 0 Å². The molecule has 0 saturated heterocycles. The van der Waals surface area contributed by atoms with Crippen molar-refractivity contribution in [3.05, 3.63) is 0 Å². The molecule has 0 unspecified atom stereocenters. The fraction of sp³-hybridized carbons (Fsp3) is 0.800. The van der Waals surface area contributed by atoms with Crippen molar-refractivity contribution in [2.45, 2.75) is 13.3 Å². The van der Waals surface area contributed by atoms with Crippen molar-refractivity contribution in [3.63, 3.8) is 0 Å². The van der Waals surface area contributed by atoms with Crippen molar-refractivity contribution >= 4 is 4.23 Å². The Hall–Kier alpha value is 0.414. The molecule has 0 aromatic rings. The summed E-state index contributed by atoms with van der Waals surface area (Å²) < 4.78 is 1.43. The van der Waals surface area contributed by atoms with E-state index in [4.69, 9.17) is 0 Å². The molecule has 0 atom stereocenters. The van der Waals surface area contributed by atoms with Gasteiger partial charge in [0.2, 0.25) is 0 Å². The maximum absolute atomic E-state index is 3.07. The van der Waals surface area contributed by atoms with Crippen LogP contribution in [0.1, 0.15) is 13.3 Å². The van der Waals surface area contributed by atoms with Crippen LogP contribution in [0.2, 0.25) is 0 Å². The van der Waals surface area contributed by atoms with Crippen molar-refractivity contribution in [1.29, 1.82) is 0 Å². The van der Waals surface area contributed by atoms with Gasteiger partial charge in [-0.3, -0.25) is 0 Å². The monoisotopic (exact) mass is 136 g/mol. The summed E-state index contributed by atoms with van der Waals surface area (Å²) in [5, 5.41) is 3.07. The molecule has 0 heterocycles. The molecule has 0 aromatic heterocycles. The van der Waals surface area contributed by atoms with Gasteiger partial charge in [-0.2, -0.15) is 0 Å². The summed E-state index contributed by atoms with van der Waals surface area (Å²) in [7, 11) is 1.97. The molecule has 1 nitrogen and oxygen atoms in total. The Balaban J connectivity index is 2.82. The van der Waals surface area contributed by atoms with Gasteiger partial charge in [0.25, 0.3) is 0 Å². The number of nitrogens with one attached hydrogen (secondary N) is 1. The average molecular weight is 136 g/mol. The molecule has 41 valence electrons. The predicted molar refractivity (Wildman–Crippen MR) is 29.2 cm³/mol. The number of rotatable bonds is 3. The molecule has 0 aliphatic carbocycles. The Morgan fingerprint density at radius 2 is 2.29 bits per heavy atom. The predicted octanol–water partition coefficient (Wildman–Crippen LogP) is 0.335. The Morgan fingerprint density at radius 1 is 1.71 bits per heavy atom. The van der Waals surface area contributed by atoms with Gasteiger partial charge in [0.05, 0.1) is 0 Å². The zero-order valence-corrected chi connectivity index (χ0v) is 6.26. The molecular weight excluding hydrogens is 125 g/mol. The van der Waals surface area contributed by atoms with Crippen LogP contribution in [0, 0.1) is 0 Å². The molecule has 0 aromatic carbocycles. The third-order valence-electron chi connectivity index (χ3n) is 0.737. The topological polar surface area (TPSA) is 12.0 Å². The van der Waals surface area contributed by atoms with Crippen LogP contribution in [0.5, 0.6) is 0 Å². The summed E-state index contributed by atoms with van der Waals surface area (Å²) in [5.74, 6) is 0. The Bertz CT molecular complexity index is 61.1. The minimum atomic E-state index is 1.10. The van der Waals surface area contributed by atoms with Crippen LogP contribution in [0.3, 0.4) is 0 Å². The molecule has 1 N–H and O–H groups in total. The quantitative estimate of drug-likeness (QED) is 0.589. The summed E-state index contributed by atoms with van der Waals surface area (Å²) in [6, 6.07) is 0. The van der Waals surface area contributed by atoms with E-state index < -0.39 is 0 Å². The molecule has 0 aliphatic rings. The van der Waals surface area contributed by atoms with Crippen molar-refractivity contribution in [1.82, 2.24) is 5.32 Å². The molecule has 0 amide bonds. The van der Waals surface area contributed by atoms with Crippen LogP contribution < -0.4 is 5.32 Å². The molecule has 2 heteroatoms. The molecular formula is C5H11NV. The van der Waals surface area contributed by atoms with Crippen LogP contribution in [-0.4, -0.2) is 17.8 Å². The van der Waals surface area contributed by atoms with Crippen LogP contribution in [-0.2, 0) is 17.0 Å². The first-order chi connectivity index (χ1) is 3.27. The van der Waals surface area contributed by atoms with E-state index in [0.717, 1.165) is 6.54 Å². The normalized spacial score (nSPS) is 8.71. The first-order valence-corrected chi connectivity index (χ1v) is 3.13. The van der Waals surface area contributed by atoms with E-state index in [1.165, 1.54) is 10.6 Å². The van der Waals surface area contributed by atoms with E-state index in [1.54, 1.807) is 0 Å².